The number of aryl methyl sites for hydroxylation is 2. The van der Waals surface area contributed by atoms with Crippen LogP contribution in [-0.2, 0) is 19.0 Å². The summed E-state index contributed by atoms with van der Waals surface area (Å²) in [4.78, 5) is 28.9. The van der Waals surface area contributed by atoms with Crippen LogP contribution in [0, 0.1) is 12.7 Å². The first-order chi connectivity index (χ1) is 16.9. The van der Waals surface area contributed by atoms with Crippen LogP contribution in [0.15, 0.2) is 35.4 Å². The van der Waals surface area contributed by atoms with Gasteiger partial charge in [0.2, 0.25) is 5.95 Å². The minimum absolute atomic E-state index is 0.0266. The highest BCUT2D eigenvalue weighted by molar-refractivity contribution is 5.89. The van der Waals surface area contributed by atoms with Gasteiger partial charge in [0.15, 0.2) is 11.6 Å². The Hall–Kier alpha value is -4.29. The Morgan fingerprint density at radius 3 is 2.80 bits per heavy atom. The summed E-state index contributed by atoms with van der Waals surface area (Å²) in [6, 6.07) is 2.91. The molecule has 1 aromatic carbocycles. The van der Waals surface area contributed by atoms with Gasteiger partial charge in [0.05, 0.1) is 22.9 Å². The van der Waals surface area contributed by atoms with Gasteiger partial charge in [-0.25, -0.2) is 18.7 Å². The molecule has 0 spiro atoms. The topological polar surface area (TPSA) is 137 Å². The molecule has 180 valence electrons. The number of rotatable bonds is 8. The van der Waals surface area contributed by atoms with Gasteiger partial charge in [-0.15, -0.1) is 0 Å². The lowest BCUT2D eigenvalue weighted by Gasteiger charge is -2.10. The third-order valence-corrected chi connectivity index (χ3v) is 5.84. The number of benzene rings is 1. The number of carbonyl (C=O) groups excluding carboxylic acids is 1. The molecule has 1 aliphatic carbocycles. The van der Waals surface area contributed by atoms with E-state index in [1.54, 1.807) is 37.1 Å². The molecule has 3 heterocycles. The molecule has 3 aromatic heterocycles. The number of halogens is 2. The molecule has 4 aromatic rings. The van der Waals surface area contributed by atoms with Crippen LogP contribution in [0.25, 0.3) is 11.4 Å². The second-order valence-electron chi connectivity index (χ2n) is 8.44. The van der Waals surface area contributed by atoms with E-state index in [0.717, 1.165) is 0 Å². The minimum atomic E-state index is -0.722. The van der Waals surface area contributed by atoms with Crippen molar-refractivity contribution in [1.29, 1.82) is 0 Å². The lowest BCUT2D eigenvalue weighted by Crippen LogP contribution is -2.24. The number of amides is 1. The average molecular weight is 481 g/mol. The molecule has 1 saturated carbocycles. The zero-order chi connectivity index (χ0) is 24.6. The van der Waals surface area contributed by atoms with Gasteiger partial charge in [0.25, 0.3) is 0 Å². The van der Waals surface area contributed by atoms with Gasteiger partial charge in [-0.3, -0.25) is 9.48 Å². The van der Waals surface area contributed by atoms with Crippen molar-refractivity contribution in [2.24, 2.45) is 7.05 Å². The molecule has 1 fully saturated rings. The van der Waals surface area contributed by atoms with Crippen molar-refractivity contribution < 1.29 is 18.1 Å². The Morgan fingerprint density at radius 2 is 2.09 bits per heavy atom. The van der Waals surface area contributed by atoms with Crippen LogP contribution >= 0.6 is 0 Å². The number of hydrogen-bond donors (Lipinski definition) is 2. The van der Waals surface area contributed by atoms with Gasteiger partial charge in [0.1, 0.15) is 18.8 Å². The summed E-state index contributed by atoms with van der Waals surface area (Å²) in [6.45, 7) is 1.21. The second-order valence-corrected chi connectivity index (χ2v) is 8.44. The molecule has 0 bridgehead atoms. The van der Waals surface area contributed by atoms with Crippen molar-refractivity contribution in [2.75, 3.05) is 12.0 Å². The molecule has 0 unspecified atom stereocenters. The maximum Gasteiger partial charge on any atom is 0.315 e. The van der Waals surface area contributed by atoms with Crippen LogP contribution in [0.2, 0.25) is 0 Å². The first kappa shape index (κ1) is 22.5. The largest absolute Gasteiger partial charge is 0.344 e. The van der Waals surface area contributed by atoms with E-state index in [1.165, 1.54) is 12.4 Å². The van der Waals surface area contributed by atoms with Gasteiger partial charge in [-0.2, -0.15) is 15.1 Å². The normalized spacial score (nSPS) is 14.1. The predicted molar refractivity (Wildman–Crippen MR) is 119 cm³/mol. The van der Waals surface area contributed by atoms with E-state index in [-0.39, 0.29) is 35.6 Å². The van der Waals surface area contributed by atoms with E-state index in [2.05, 4.69) is 40.8 Å². The van der Waals surface area contributed by atoms with Gasteiger partial charge >= 0.3 is 11.8 Å². The molecule has 13 heteroatoms. The lowest BCUT2D eigenvalue weighted by molar-refractivity contribution is 0.0907. The Bertz CT molecular complexity index is 1400. The number of hydrogen-bond acceptors (Lipinski definition) is 9. The fraction of sp³-hybridized carbons (Fsp3) is 0.318. The highest BCUT2D eigenvalue weighted by Crippen LogP contribution is 2.47. The SMILES string of the molecule is Cc1cc(-c2ncnc(Nc3cnn(C)c3)n2)c(F)cc1CNC(=O)c1nc(C2(CF)CC2)no1. The van der Waals surface area contributed by atoms with Crippen LogP contribution in [0.1, 0.15) is 40.5 Å². The van der Waals surface area contributed by atoms with Crippen LogP contribution in [-0.4, -0.2) is 47.5 Å². The zero-order valence-electron chi connectivity index (χ0n) is 18.9. The van der Waals surface area contributed by atoms with E-state index < -0.39 is 23.8 Å². The summed E-state index contributed by atoms with van der Waals surface area (Å²) >= 11 is 0. The molecular weight excluding hydrogens is 460 g/mol. The smallest absolute Gasteiger partial charge is 0.315 e. The fourth-order valence-corrected chi connectivity index (χ4v) is 3.54. The van der Waals surface area contributed by atoms with Crippen LogP contribution < -0.4 is 10.6 Å². The summed E-state index contributed by atoms with van der Waals surface area (Å²) in [5.41, 5.74) is 1.41. The number of alkyl halides is 1. The third kappa shape index (κ3) is 4.56. The quantitative estimate of drug-likeness (QED) is 0.389. The van der Waals surface area contributed by atoms with Crippen LogP contribution in [0.3, 0.4) is 0 Å². The Labute approximate surface area is 198 Å². The first-order valence-electron chi connectivity index (χ1n) is 10.8. The number of nitrogens with zero attached hydrogens (tertiary/aromatic N) is 7. The maximum absolute atomic E-state index is 15.0. The summed E-state index contributed by atoms with van der Waals surface area (Å²) in [7, 11) is 1.78. The molecule has 1 aliphatic rings. The lowest BCUT2D eigenvalue weighted by atomic mass is 10.0. The van der Waals surface area contributed by atoms with E-state index >= 15 is 0 Å². The second kappa shape index (κ2) is 8.81. The minimum Gasteiger partial charge on any atom is -0.344 e. The Morgan fingerprint density at radius 1 is 1.26 bits per heavy atom. The monoisotopic (exact) mass is 481 g/mol. The zero-order valence-corrected chi connectivity index (χ0v) is 18.9. The van der Waals surface area contributed by atoms with Crippen molar-refractivity contribution in [2.45, 2.75) is 31.7 Å². The predicted octanol–water partition coefficient (Wildman–Crippen LogP) is 2.78. The molecule has 5 rings (SSSR count). The highest BCUT2D eigenvalue weighted by Gasteiger charge is 2.49. The number of carbonyl (C=O) groups is 1. The van der Waals surface area contributed by atoms with Gasteiger partial charge < -0.3 is 15.2 Å². The van der Waals surface area contributed by atoms with E-state index in [4.69, 9.17) is 4.52 Å². The van der Waals surface area contributed by atoms with Crippen LogP contribution in [0.4, 0.5) is 20.4 Å². The van der Waals surface area contributed by atoms with Gasteiger partial charge in [-0.05, 0) is 43.0 Å². The van der Waals surface area contributed by atoms with Gasteiger partial charge in [0, 0.05) is 19.8 Å². The van der Waals surface area contributed by atoms with Crippen LogP contribution in [0.5, 0.6) is 0 Å². The summed E-state index contributed by atoms with van der Waals surface area (Å²) in [6.07, 6.45) is 5.89. The average Bonchev–Trinajstić information content (AvgIpc) is 3.28. The molecule has 1 amide bonds. The molecule has 0 saturated heterocycles. The van der Waals surface area contributed by atoms with Crippen molar-refractivity contribution in [3.05, 3.63) is 59.5 Å². The van der Waals surface area contributed by atoms with E-state index in [1.807, 2.05) is 0 Å². The summed E-state index contributed by atoms with van der Waals surface area (Å²) in [5, 5.41) is 13.4. The maximum atomic E-state index is 15.0. The molecule has 35 heavy (non-hydrogen) atoms. The van der Waals surface area contributed by atoms with E-state index in [9.17, 15) is 13.6 Å². The summed E-state index contributed by atoms with van der Waals surface area (Å²) in [5.74, 6) is -0.832. The fourth-order valence-electron chi connectivity index (χ4n) is 3.54. The first-order valence-corrected chi connectivity index (χ1v) is 10.8. The molecule has 0 radical (unpaired) electrons. The molecular formula is C22H21F2N9O2. The highest BCUT2D eigenvalue weighted by atomic mass is 19.1. The molecule has 0 atom stereocenters. The van der Waals surface area contributed by atoms with Crippen molar-refractivity contribution in [3.63, 3.8) is 0 Å². The van der Waals surface area contributed by atoms with Crippen molar-refractivity contribution in [3.8, 4) is 11.4 Å². The summed E-state index contributed by atoms with van der Waals surface area (Å²) < 4.78 is 34.8. The van der Waals surface area contributed by atoms with E-state index in [0.29, 0.717) is 29.7 Å². The third-order valence-electron chi connectivity index (χ3n) is 5.84. The molecule has 2 N–H and O–H groups in total. The standard InChI is InChI=1S/C22H21F2N9O2/c1-12-5-15(17-26-11-27-21(30-17)29-14-8-28-33(2)9-14)16(24)6-13(12)7-25-18(34)19-31-20(32-35-19)22(10-23)3-4-22/h5-6,8-9,11H,3-4,7,10H2,1-2H3,(H,25,34)(H,26,27,29,30). The number of nitrogens with one attached hydrogen (secondary N) is 2. The number of anilines is 2. The molecule has 0 aliphatic heterocycles. The Kier molecular flexibility index (Phi) is 5.67. The van der Waals surface area contributed by atoms with Gasteiger partial charge in [-0.1, -0.05) is 5.16 Å². The number of aromatic nitrogens is 7. The van der Waals surface area contributed by atoms with Crippen molar-refractivity contribution in [1.82, 2.24) is 40.2 Å². The Balaban J connectivity index is 1.28. The molecule has 11 nitrogen and oxygen atoms in total. The van der Waals surface area contributed by atoms with Crippen molar-refractivity contribution >= 4 is 17.5 Å².